The Bertz CT molecular complexity index is 766. The molecule has 3 nitrogen and oxygen atoms in total. The number of nitrogens with zero attached hydrogens (tertiary/aromatic N) is 1. The summed E-state index contributed by atoms with van der Waals surface area (Å²) < 4.78 is 0.909. The highest BCUT2D eigenvalue weighted by molar-refractivity contribution is 9.10. The molecule has 0 saturated heterocycles. The van der Waals surface area contributed by atoms with Gasteiger partial charge in [-0.1, -0.05) is 46.3 Å². The molecule has 2 aromatic carbocycles. The van der Waals surface area contributed by atoms with Gasteiger partial charge < -0.3 is 4.98 Å². The van der Waals surface area contributed by atoms with Crippen molar-refractivity contribution in [2.75, 3.05) is 0 Å². The van der Waals surface area contributed by atoms with Crippen LogP contribution in [0.3, 0.4) is 0 Å². The van der Waals surface area contributed by atoms with E-state index in [1.807, 2.05) is 42.5 Å². The van der Waals surface area contributed by atoms with Gasteiger partial charge in [0.2, 0.25) is 0 Å². The molecule has 0 radical (unpaired) electrons. The molecule has 0 aliphatic heterocycles. The first-order valence-corrected chi connectivity index (χ1v) is 6.28. The third-order valence-corrected chi connectivity index (χ3v) is 3.21. The number of aromatic amines is 1. The predicted molar refractivity (Wildman–Crippen MR) is 75.5 cm³/mol. The molecule has 3 rings (SSSR count). The molecule has 0 spiro atoms. The number of nitrogens with one attached hydrogen (secondary N) is 1. The fourth-order valence-corrected chi connectivity index (χ4v) is 2.19. The minimum Gasteiger partial charge on any atom is -0.306 e. The van der Waals surface area contributed by atoms with Crippen LogP contribution in [0.1, 0.15) is 0 Å². The molecular weight excluding hydrogens is 292 g/mol. The molecule has 0 atom stereocenters. The summed E-state index contributed by atoms with van der Waals surface area (Å²) in [6.45, 7) is 0. The first-order valence-electron chi connectivity index (χ1n) is 5.49. The molecule has 18 heavy (non-hydrogen) atoms. The molecule has 1 N–H and O–H groups in total. The lowest BCUT2D eigenvalue weighted by Gasteiger charge is -2.03. The smallest absolute Gasteiger partial charge is 0.259 e. The number of benzene rings is 2. The highest BCUT2D eigenvalue weighted by Gasteiger charge is 2.05. The molecule has 0 unspecified atom stereocenters. The molecule has 3 aromatic rings. The van der Waals surface area contributed by atoms with Gasteiger partial charge in [-0.3, -0.25) is 4.79 Å². The Morgan fingerprint density at radius 1 is 1.06 bits per heavy atom. The monoisotopic (exact) mass is 300 g/mol. The fraction of sp³-hybridized carbons (Fsp3) is 0. The van der Waals surface area contributed by atoms with Gasteiger partial charge >= 0.3 is 0 Å². The Labute approximate surface area is 112 Å². The van der Waals surface area contributed by atoms with Crippen LogP contribution in [-0.4, -0.2) is 9.97 Å². The average molecular weight is 301 g/mol. The second-order valence-electron chi connectivity index (χ2n) is 3.94. The van der Waals surface area contributed by atoms with Crippen LogP contribution in [0.2, 0.25) is 0 Å². The summed E-state index contributed by atoms with van der Waals surface area (Å²) in [6, 6.07) is 15.0. The standard InChI is InChI=1S/C14H9BrN2O/c15-10-6-7-11-12(8-10)16-13(17-14(11)18)9-4-2-1-3-5-9/h1-8H,(H,16,17,18). The van der Waals surface area contributed by atoms with Gasteiger partial charge in [0.05, 0.1) is 10.9 Å². The number of halogens is 1. The molecule has 0 fully saturated rings. The third kappa shape index (κ3) is 1.95. The van der Waals surface area contributed by atoms with E-state index in [4.69, 9.17) is 0 Å². The van der Waals surface area contributed by atoms with Crippen LogP contribution in [0.4, 0.5) is 0 Å². The van der Waals surface area contributed by atoms with Gasteiger partial charge in [0.1, 0.15) is 5.82 Å². The summed E-state index contributed by atoms with van der Waals surface area (Å²) >= 11 is 3.39. The number of hydrogen-bond donors (Lipinski definition) is 1. The number of hydrogen-bond acceptors (Lipinski definition) is 2. The van der Waals surface area contributed by atoms with Gasteiger partial charge in [0.25, 0.3) is 5.56 Å². The van der Waals surface area contributed by atoms with Crippen molar-refractivity contribution < 1.29 is 0 Å². The molecular formula is C14H9BrN2O. The largest absolute Gasteiger partial charge is 0.306 e. The number of fused-ring (bicyclic) bond motifs is 1. The highest BCUT2D eigenvalue weighted by Crippen LogP contribution is 2.18. The van der Waals surface area contributed by atoms with Crippen molar-refractivity contribution in [3.63, 3.8) is 0 Å². The number of rotatable bonds is 1. The van der Waals surface area contributed by atoms with Gasteiger partial charge in [-0.2, -0.15) is 0 Å². The summed E-state index contributed by atoms with van der Waals surface area (Å²) in [5, 5.41) is 0.595. The fourth-order valence-electron chi connectivity index (χ4n) is 1.85. The van der Waals surface area contributed by atoms with E-state index < -0.39 is 0 Å². The number of aromatic nitrogens is 2. The number of H-pyrrole nitrogens is 1. The molecule has 1 heterocycles. The van der Waals surface area contributed by atoms with E-state index in [1.165, 1.54) is 0 Å². The Morgan fingerprint density at radius 2 is 1.83 bits per heavy atom. The zero-order valence-electron chi connectivity index (χ0n) is 9.35. The normalized spacial score (nSPS) is 10.7. The van der Waals surface area contributed by atoms with E-state index in [0.29, 0.717) is 16.7 Å². The Balaban J connectivity index is 2.30. The van der Waals surface area contributed by atoms with Crippen LogP contribution < -0.4 is 5.56 Å². The van der Waals surface area contributed by atoms with Crippen molar-refractivity contribution in [2.24, 2.45) is 0 Å². The van der Waals surface area contributed by atoms with Crippen LogP contribution >= 0.6 is 15.9 Å². The zero-order chi connectivity index (χ0) is 12.5. The van der Waals surface area contributed by atoms with Crippen molar-refractivity contribution in [3.05, 3.63) is 63.4 Å². The minimum absolute atomic E-state index is 0.119. The van der Waals surface area contributed by atoms with Gasteiger partial charge in [0, 0.05) is 10.0 Å². The maximum absolute atomic E-state index is 12.0. The van der Waals surface area contributed by atoms with Crippen molar-refractivity contribution in [3.8, 4) is 11.4 Å². The van der Waals surface area contributed by atoms with Crippen molar-refractivity contribution in [1.82, 2.24) is 9.97 Å². The maximum atomic E-state index is 12.0. The Kier molecular flexibility index (Phi) is 2.72. The van der Waals surface area contributed by atoms with Gasteiger partial charge in [-0.15, -0.1) is 0 Å². The third-order valence-electron chi connectivity index (χ3n) is 2.72. The topological polar surface area (TPSA) is 45.8 Å². The van der Waals surface area contributed by atoms with Gasteiger partial charge in [0.15, 0.2) is 0 Å². The summed E-state index contributed by atoms with van der Waals surface area (Å²) in [5.74, 6) is 0.589. The minimum atomic E-state index is -0.119. The average Bonchev–Trinajstić information content (AvgIpc) is 2.39. The molecule has 0 saturated carbocycles. The summed E-state index contributed by atoms with van der Waals surface area (Å²) in [7, 11) is 0. The molecule has 0 aliphatic carbocycles. The van der Waals surface area contributed by atoms with Crippen LogP contribution in [0.5, 0.6) is 0 Å². The molecule has 0 bridgehead atoms. The molecule has 88 valence electrons. The highest BCUT2D eigenvalue weighted by atomic mass is 79.9. The molecule has 0 aliphatic rings. The zero-order valence-corrected chi connectivity index (χ0v) is 10.9. The molecule has 0 amide bonds. The Morgan fingerprint density at radius 3 is 2.61 bits per heavy atom. The first-order chi connectivity index (χ1) is 8.74. The van der Waals surface area contributed by atoms with E-state index in [0.717, 1.165) is 10.0 Å². The maximum Gasteiger partial charge on any atom is 0.259 e. The van der Waals surface area contributed by atoms with Crippen LogP contribution in [-0.2, 0) is 0 Å². The van der Waals surface area contributed by atoms with E-state index in [2.05, 4.69) is 25.9 Å². The van der Waals surface area contributed by atoms with Crippen LogP contribution in [0, 0.1) is 0 Å². The lowest BCUT2D eigenvalue weighted by atomic mass is 10.2. The summed E-state index contributed by atoms with van der Waals surface area (Å²) in [6.07, 6.45) is 0. The van der Waals surface area contributed by atoms with Gasteiger partial charge in [-0.05, 0) is 18.2 Å². The quantitative estimate of drug-likeness (QED) is 0.749. The summed E-state index contributed by atoms with van der Waals surface area (Å²) in [4.78, 5) is 19.3. The first kappa shape index (κ1) is 11.2. The second-order valence-corrected chi connectivity index (χ2v) is 4.86. The molecule has 1 aromatic heterocycles. The predicted octanol–water partition coefficient (Wildman–Crippen LogP) is 3.35. The second kappa shape index (κ2) is 4.38. The molecule has 4 heteroatoms. The summed E-state index contributed by atoms with van der Waals surface area (Å²) in [5.41, 5.74) is 1.47. The van der Waals surface area contributed by atoms with E-state index in [-0.39, 0.29) is 5.56 Å². The van der Waals surface area contributed by atoms with Crippen molar-refractivity contribution in [1.29, 1.82) is 0 Å². The lowest BCUT2D eigenvalue weighted by Crippen LogP contribution is -2.09. The van der Waals surface area contributed by atoms with Crippen LogP contribution in [0.25, 0.3) is 22.3 Å². The van der Waals surface area contributed by atoms with E-state index in [1.54, 1.807) is 6.07 Å². The van der Waals surface area contributed by atoms with Crippen LogP contribution in [0.15, 0.2) is 57.8 Å². The van der Waals surface area contributed by atoms with Gasteiger partial charge in [-0.25, -0.2) is 4.98 Å². The lowest BCUT2D eigenvalue weighted by molar-refractivity contribution is 1.18. The van der Waals surface area contributed by atoms with E-state index >= 15 is 0 Å². The van der Waals surface area contributed by atoms with Crippen molar-refractivity contribution in [2.45, 2.75) is 0 Å². The SMILES string of the molecule is O=c1[nH]c(-c2ccccc2)nc2cc(Br)ccc12. The Hall–Kier alpha value is -1.94. The van der Waals surface area contributed by atoms with E-state index in [9.17, 15) is 4.79 Å². The van der Waals surface area contributed by atoms with Crippen molar-refractivity contribution >= 4 is 26.8 Å².